The maximum Gasteiger partial charge on any atom is 0.00870 e. The monoisotopic (exact) mass is 251 g/mol. The molecule has 0 amide bonds. The molecule has 0 saturated carbocycles. The van der Waals surface area contributed by atoms with Crippen molar-refractivity contribution in [1.82, 2.24) is 5.32 Å². The number of rotatable bonds is 8. The van der Waals surface area contributed by atoms with Crippen LogP contribution in [-0.4, -0.2) is 18.8 Å². The highest BCUT2D eigenvalue weighted by atomic mass is 32.2. The van der Waals surface area contributed by atoms with E-state index in [4.69, 9.17) is 0 Å². The van der Waals surface area contributed by atoms with Gasteiger partial charge in [0.2, 0.25) is 0 Å². The Labute approximate surface area is 110 Å². The number of hydrogen-bond donors (Lipinski definition) is 1. The van der Waals surface area contributed by atoms with Crippen molar-refractivity contribution in [3.63, 3.8) is 0 Å². The van der Waals surface area contributed by atoms with Gasteiger partial charge in [0.25, 0.3) is 0 Å². The van der Waals surface area contributed by atoms with Crippen molar-refractivity contribution < 1.29 is 0 Å². The summed E-state index contributed by atoms with van der Waals surface area (Å²) >= 11 is 1.97. The van der Waals surface area contributed by atoms with Gasteiger partial charge in [-0.05, 0) is 43.7 Å². The van der Waals surface area contributed by atoms with Gasteiger partial charge in [-0.3, -0.25) is 0 Å². The van der Waals surface area contributed by atoms with Crippen molar-refractivity contribution >= 4 is 11.8 Å². The smallest absolute Gasteiger partial charge is 0.00870 e. The fourth-order valence-electron chi connectivity index (χ4n) is 1.98. The molecule has 1 aromatic rings. The second-order valence-electron chi connectivity index (χ2n) is 4.80. The summed E-state index contributed by atoms with van der Waals surface area (Å²) in [5.41, 5.74) is 0. The van der Waals surface area contributed by atoms with Crippen LogP contribution in [0, 0.1) is 5.92 Å². The molecule has 1 atom stereocenters. The first-order valence-electron chi connectivity index (χ1n) is 6.59. The Hall–Kier alpha value is -0.470. The third kappa shape index (κ3) is 6.13. The zero-order valence-corrected chi connectivity index (χ0v) is 12.1. The summed E-state index contributed by atoms with van der Waals surface area (Å²) in [6.07, 6.45) is 3.93. The van der Waals surface area contributed by atoms with Gasteiger partial charge in [0.05, 0.1) is 0 Å². The van der Waals surface area contributed by atoms with Gasteiger partial charge >= 0.3 is 0 Å². The van der Waals surface area contributed by atoms with E-state index in [-0.39, 0.29) is 0 Å². The molecule has 0 aromatic heterocycles. The van der Waals surface area contributed by atoms with Gasteiger partial charge in [-0.15, -0.1) is 11.8 Å². The molecule has 0 bridgehead atoms. The average Bonchev–Trinajstić information content (AvgIpc) is 2.34. The van der Waals surface area contributed by atoms with Crippen molar-refractivity contribution in [3.8, 4) is 0 Å². The molecule has 0 aliphatic carbocycles. The van der Waals surface area contributed by atoms with Crippen molar-refractivity contribution in [2.24, 2.45) is 5.92 Å². The molecule has 1 aromatic carbocycles. The Morgan fingerprint density at radius 2 is 1.82 bits per heavy atom. The van der Waals surface area contributed by atoms with Crippen LogP contribution < -0.4 is 5.32 Å². The van der Waals surface area contributed by atoms with Crippen LogP contribution in [0.3, 0.4) is 0 Å². The lowest BCUT2D eigenvalue weighted by atomic mass is 9.99. The molecule has 0 saturated heterocycles. The number of unbranched alkanes of at least 4 members (excludes halogenated alkanes) is 1. The van der Waals surface area contributed by atoms with Gasteiger partial charge in [0.1, 0.15) is 0 Å². The minimum Gasteiger partial charge on any atom is -0.317 e. The van der Waals surface area contributed by atoms with Crippen LogP contribution in [-0.2, 0) is 0 Å². The lowest BCUT2D eigenvalue weighted by Crippen LogP contribution is -2.30. The van der Waals surface area contributed by atoms with Crippen LogP contribution in [0.1, 0.15) is 33.1 Å². The zero-order valence-electron chi connectivity index (χ0n) is 11.3. The largest absolute Gasteiger partial charge is 0.317 e. The highest BCUT2D eigenvalue weighted by molar-refractivity contribution is 7.99. The minimum atomic E-state index is 0.678. The third-order valence-electron chi connectivity index (χ3n) is 3.10. The first-order chi connectivity index (χ1) is 8.24. The first-order valence-corrected chi connectivity index (χ1v) is 7.57. The van der Waals surface area contributed by atoms with Crippen LogP contribution in [0.5, 0.6) is 0 Å². The van der Waals surface area contributed by atoms with E-state index in [1.807, 2.05) is 11.8 Å². The van der Waals surface area contributed by atoms with E-state index in [0.717, 1.165) is 5.92 Å². The Morgan fingerprint density at radius 1 is 1.12 bits per heavy atom. The van der Waals surface area contributed by atoms with Crippen molar-refractivity contribution in [2.45, 2.75) is 44.0 Å². The molecular formula is C15H25NS. The maximum absolute atomic E-state index is 3.40. The Kier molecular flexibility index (Phi) is 7.38. The van der Waals surface area contributed by atoms with Gasteiger partial charge in [0.15, 0.2) is 0 Å². The first kappa shape index (κ1) is 14.6. The molecule has 17 heavy (non-hydrogen) atoms. The number of thioether (sulfide) groups is 1. The van der Waals surface area contributed by atoms with E-state index in [1.54, 1.807) is 0 Å². The second-order valence-corrected chi connectivity index (χ2v) is 5.96. The van der Waals surface area contributed by atoms with E-state index >= 15 is 0 Å². The SMILES string of the molecule is CNC(CCCCSc1ccccc1)C(C)C. The van der Waals surface area contributed by atoms with Gasteiger partial charge in [-0.2, -0.15) is 0 Å². The Morgan fingerprint density at radius 3 is 2.41 bits per heavy atom. The fraction of sp³-hybridized carbons (Fsp3) is 0.600. The van der Waals surface area contributed by atoms with Crippen LogP contribution in [0.4, 0.5) is 0 Å². The van der Waals surface area contributed by atoms with Crippen molar-refractivity contribution in [2.75, 3.05) is 12.8 Å². The minimum absolute atomic E-state index is 0.678. The molecule has 1 nitrogen and oxygen atoms in total. The zero-order chi connectivity index (χ0) is 12.5. The van der Waals surface area contributed by atoms with Crippen LogP contribution >= 0.6 is 11.8 Å². The molecule has 0 heterocycles. The number of hydrogen-bond acceptors (Lipinski definition) is 2. The Balaban J connectivity index is 2.08. The van der Waals surface area contributed by atoms with Gasteiger partial charge in [0, 0.05) is 10.9 Å². The Bertz CT molecular complexity index is 284. The summed E-state index contributed by atoms with van der Waals surface area (Å²) in [5.74, 6) is 1.97. The predicted molar refractivity (Wildman–Crippen MR) is 78.7 cm³/mol. The number of nitrogens with one attached hydrogen (secondary N) is 1. The van der Waals surface area contributed by atoms with Crippen LogP contribution in [0.15, 0.2) is 35.2 Å². The van der Waals surface area contributed by atoms with Crippen LogP contribution in [0.2, 0.25) is 0 Å². The van der Waals surface area contributed by atoms with Gasteiger partial charge < -0.3 is 5.32 Å². The molecule has 1 N–H and O–H groups in total. The summed E-state index contributed by atoms with van der Waals surface area (Å²) in [6, 6.07) is 11.3. The lowest BCUT2D eigenvalue weighted by Gasteiger charge is -2.19. The molecule has 2 heteroatoms. The van der Waals surface area contributed by atoms with E-state index in [0.29, 0.717) is 6.04 Å². The normalized spacial score (nSPS) is 12.9. The van der Waals surface area contributed by atoms with Crippen molar-refractivity contribution in [3.05, 3.63) is 30.3 Å². The topological polar surface area (TPSA) is 12.0 Å². The molecule has 0 spiro atoms. The standard InChI is InChI=1S/C15H25NS/c1-13(2)15(16-3)11-7-8-12-17-14-9-5-4-6-10-14/h4-6,9-10,13,15-16H,7-8,11-12H2,1-3H3. The summed E-state index contributed by atoms with van der Waals surface area (Å²) in [5, 5.41) is 3.40. The molecule has 96 valence electrons. The fourth-order valence-corrected chi connectivity index (χ4v) is 2.92. The molecule has 0 fully saturated rings. The summed E-state index contributed by atoms with van der Waals surface area (Å²) < 4.78 is 0. The van der Waals surface area contributed by atoms with Gasteiger partial charge in [-0.1, -0.05) is 38.5 Å². The van der Waals surface area contributed by atoms with Crippen LogP contribution in [0.25, 0.3) is 0 Å². The molecule has 1 unspecified atom stereocenters. The second kappa shape index (κ2) is 8.60. The molecular weight excluding hydrogens is 226 g/mol. The average molecular weight is 251 g/mol. The van der Waals surface area contributed by atoms with Gasteiger partial charge in [-0.25, -0.2) is 0 Å². The van der Waals surface area contributed by atoms with E-state index < -0.39 is 0 Å². The van der Waals surface area contributed by atoms with E-state index in [9.17, 15) is 0 Å². The lowest BCUT2D eigenvalue weighted by molar-refractivity contribution is 0.392. The highest BCUT2D eigenvalue weighted by Crippen LogP contribution is 2.19. The summed E-state index contributed by atoms with van der Waals surface area (Å²) in [6.45, 7) is 4.58. The highest BCUT2D eigenvalue weighted by Gasteiger charge is 2.09. The third-order valence-corrected chi connectivity index (χ3v) is 4.20. The summed E-state index contributed by atoms with van der Waals surface area (Å²) in [7, 11) is 2.07. The molecule has 1 rings (SSSR count). The molecule has 0 aliphatic rings. The number of benzene rings is 1. The molecule has 0 aliphatic heterocycles. The molecule has 0 radical (unpaired) electrons. The van der Waals surface area contributed by atoms with E-state index in [2.05, 4.69) is 56.5 Å². The summed E-state index contributed by atoms with van der Waals surface area (Å²) in [4.78, 5) is 1.39. The van der Waals surface area contributed by atoms with E-state index in [1.165, 1.54) is 29.9 Å². The quantitative estimate of drug-likeness (QED) is 0.549. The predicted octanol–water partition coefficient (Wildman–Crippen LogP) is 4.19. The van der Waals surface area contributed by atoms with Crippen molar-refractivity contribution in [1.29, 1.82) is 0 Å². The maximum atomic E-state index is 3.40.